The summed E-state index contributed by atoms with van der Waals surface area (Å²) in [5.41, 5.74) is 4.23. The first-order valence-electron chi connectivity index (χ1n) is 11.1. The van der Waals surface area contributed by atoms with Gasteiger partial charge in [0.1, 0.15) is 6.61 Å². The largest absolute Gasteiger partial charge is 0.479 e. The molecule has 1 unspecified atom stereocenters. The van der Waals surface area contributed by atoms with Crippen LogP contribution in [0.15, 0.2) is 48.5 Å². The SMILES string of the molecule is O=C(CC1(CNC(=O)OCC2c3ccccc3-c3ccccc32)CCC1)NCC(O)C(=O)O. The van der Waals surface area contributed by atoms with Gasteiger partial charge < -0.3 is 25.6 Å². The molecule has 8 heteroatoms. The first-order valence-corrected chi connectivity index (χ1v) is 11.1. The minimum absolute atomic E-state index is 0.0211. The summed E-state index contributed by atoms with van der Waals surface area (Å²) in [5.74, 6) is -1.75. The van der Waals surface area contributed by atoms with E-state index < -0.39 is 18.2 Å². The predicted octanol–water partition coefficient (Wildman–Crippen LogP) is 2.65. The maximum absolute atomic E-state index is 12.5. The summed E-state index contributed by atoms with van der Waals surface area (Å²) in [6.45, 7) is 0.184. The third-order valence-corrected chi connectivity index (χ3v) is 6.68. The normalized spacial score (nSPS) is 16.6. The summed E-state index contributed by atoms with van der Waals surface area (Å²) in [4.78, 5) is 35.3. The van der Waals surface area contributed by atoms with Gasteiger partial charge in [0.25, 0.3) is 0 Å². The van der Waals surface area contributed by atoms with Gasteiger partial charge in [-0.15, -0.1) is 0 Å². The van der Waals surface area contributed by atoms with Crippen LogP contribution < -0.4 is 10.6 Å². The van der Waals surface area contributed by atoms with Crippen LogP contribution in [0, 0.1) is 5.41 Å². The Morgan fingerprint density at radius 3 is 2.15 bits per heavy atom. The van der Waals surface area contributed by atoms with Gasteiger partial charge in [-0.25, -0.2) is 9.59 Å². The lowest BCUT2D eigenvalue weighted by Crippen LogP contribution is -2.46. The molecule has 2 aromatic carbocycles. The van der Waals surface area contributed by atoms with Crippen molar-refractivity contribution in [1.82, 2.24) is 10.6 Å². The minimum Gasteiger partial charge on any atom is -0.479 e. The lowest BCUT2D eigenvalue weighted by atomic mass is 9.66. The van der Waals surface area contributed by atoms with Crippen LogP contribution in [0.25, 0.3) is 11.1 Å². The lowest BCUT2D eigenvalue weighted by molar-refractivity contribution is -0.146. The first kappa shape index (κ1) is 22.8. The van der Waals surface area contributed by atoms with E-state index in [0.717, 1.165) is 41.5 Å². The van der Waals surface area contributed by atoms with Crippen LogP contribution in [0.5, 0.6) is 0 Å². The van der Waals surface area contributed by atoms with Crippen LogP contribution in [0.4, 0.5) is 4.79 Å². The van der Waals surface area contributed by atoms with Gasteiger partial charge >= 0.3 is 12.1 Å². The molecular weight excluding hydrogens is 424 g/mol. The number of rotatable bonds is 9. The Morgan fingerprint density at radius 2 is 1.61 bits per heavy atom. The average Bonchev–Trinajstić information content (AvgIpc) is 3.11. The van der Waals surface area contributed by atoms with Crippen LogP contribution in [-0.2, 0) is 14.3 Å². The quantitative estimate of drug-likeness (QED) is 0.464. The third kappa shape index (κ3) is 5.01. The van der Waals surface area contributed by atoms with Crippen LogP contribution in [-0.4, -0.2) is 54.0 Å². The first-order chi connectivity index (χ1) is 15.9. The van der Waals surface area contributed by atoms with E-state index >= 15 is 0 Å². The van der Waals surface area contributed by atoms with E-state index in [1.165, 1.54) is 0 Å². The lowest BCUT2D eigenvalue weighted by Gasteiger charge is -2.41. The highest BCUT2D eigenvalue weighted by atomic mass is 16.5. The van der Waals surface area contributed by atoms with E-state index in [-0.39, 0.29) is 36.8 Å². The van der Waals surface area contributed by atoms with Crippen molar-refractivity contribution in [2.45, 2.75) is 37.7 Å². The fourth-order valence-electron chi connectivity index (χ4n) is 4.70. The number of amides is 2. The standard InChI is InChI=1S/C25H28N2O6/c28-21(23(30)31)13-26-22(29)12-25(10-5-11-25)15-27-24(32)33-14-20-18-8-3-1-6-16(18)17-7-2-4-9-19(17)20/h1-4,6-9,20-21,28H,5,10-15H2,(H,26,29)(H,27,32)(H,30,31). The van der Waals surface area contributed by atoms with Crippen molar-refractivity contribution in [3.63, 3.8) is 0 Å². The summed E-state index contributed by atoms with van der Waals surface area (Å²) < 4.78 is 5.57. The van der Waals surface area contributed by atoms with Gasteiger partial charge in [-0.05, 0) is 40.5 Å². The third-order valence-electron chi connectivity index (χ3n) is 6.68. The number of aliphatic hydroxyl groups is 1. The number of carboxylic acid groups (broad SMARTS) is 1. The molecule has 1 atom stereocenters. The maximum atomic E-state index is 12.5. The number of alkyl carbamates (subject to hydrolysis) is 1. The van der Waals surface area contributed by atoms with E-state index in [9.17, 15) is 19.5 Å². The van der Waals surface area contributed by atoms with Gasteiger partial charge in [0.15, 0.2) is 6.10 Å². The summed E-state index contributed by atoms with van der Waals surface area (Å²) >= 11 is 0. The molecule has 2 aliphatic carbocycles. The number of benzene rings is 2. The van der Waals surface area contributed by atoms with E-state index in [2.05, 4.69) is 34.9 Å². The van der Waals surface area contributed by atoms with Crippen LogP contribution in [0.2, 0.25) is 0 Å². The van der Waals surface area contributed by atoms with E-state index in [1.807, 2.05) is 24.3 Å². The second kappa shape index (κ2) is 9.62. The van der Waals surface area contributed by atoms with E-state index in [0.29, 0.717) is 6.54 Å². The molecule has 4 N–H and O–H groups in total. The van der Waals surface area contributed by atoms with Gasteiger partial charge in [0, 0.05) is 18.9 Å². The Hall–Kier alpha value is -3.39. The summed E-state index contributed by atoms with van der Waals surface area (Å²) in [5, 5.41) is 23.3. The van der Waals surface area contributed by atoms with E-state index in [4.69, 9.17) is 9.84 Å². The molecule has 0 spiro atoms. The van der Waals surface area contributed by atoms with Crippen LogP contribution >= 0.6 is 0 Å². The number of hydrogen-bond donors (Lipinski definition) is 4. The number of aliphatic carboxylic acids is 1. The molecule has 4 rings (SSSR count). The van der Waals surface area contributed by atoms with Gasteiger partial charge in [-0.1, -0.05) is 55.0 Å². The number of ether oxygens (including phenoxy) is 1. The summed E-state index contributed by atoms with van der Waals surface area (Å²) in [6, 6.07) is 16.3. The molecule has 2 aliphatic rings. The molecular formula is C25H28N2O6. The maximum Gasteiger partial charge on any atom is 0.407 e. The Balaban J connectivity index is 1.29. The van der Waals surface area contributed by atoms with E-state index in [1.54, 1.807) is 0 Å². The molecule has 1 saturated carbocycles. The summed E-state index contributed by atoms with van der Waals surface area (Å²) in [7, 11) is 0. The molecule has 0 saturated heterocycles. The Bertz CT molecular complexity index is 1000. The van der Waals surface area contributed by atoms with Crippen molar-refractivity contribution >= 4 is 18.0 Å². The molecule has 2 aromatic rings. The highest BCUT2D eigenvalue weighted by Gasteiger charge is 2.39. The van der Waals surface area contributed by atoms with Gasteiger partial charge in [-0.2, -0.15) is 0 Å². The van der Waals surface area contributed by atoms with Crippen molar-refractivity contribution < 1.29 is 29.3 Å². The zero-order valence-electron chi connectivity index (χ0n) is 18.3. The second-order valence-corrected chi connectivity index (χ2v) is 8.87. The van der Waals surface area contributed by atoms with Crippen molar-refractivity contribution in [1.29, 1.82) is 0 Å². The molecule has 0 aromatic heterocycles. The second-order valence-electron chi connectivity index (χ2n) is 8.87. The number of hydrogen-bond acceptors (Lipinski definition) is 5. The van der Waals surface area contributed by atoms with Crippen LogP contribution in [0.3, 0.4) is 0 Å². The smallest absolute Gasteiger partial charge is 0.407 e. The number of carbonyl (C=O) groups is 3. The molecule has 0 bridgehead atoms. The number of aliphatic hydroxyl groups excluding tert-OH is 1. The van der Waals surface area contributed by atoms with Crippen molar-refractivity contribution in [2.75, 3.05) is 19.7 Å². The molecule has 0 aliphatic heterocycles. The Kier molecular flexibility index (Phi) is 6.65. The Labute approximate surface area is 192 Å². The zero-order valence-corrected chi connectivity index (χ0v) is 18.3. The number of nitrogens with one attached hydrogen (secondary N) is 2. The van der Waals surface area contributed by atoms with Crippen molar-refractivity contribution in [3.8, 4) is 11.1 Å². The fraction of sp³-hybridized carbons (Fsp3) is 0.400. The fourth-order valence-corrected chi connectivity index (χ4v) is 4.70. The predicted molar refractivity (Wildman–Crippen MR) is 121 cm³/mol. The van der Waals surface area contributed by atoms with Crippen LogP contribution in [0.1, 0.15) is 42.7 Å². The number of carbonyl (C=O) groups excluding carboxylic acids is 2. The monoisotopic (exact) mass is 452 g/mol. The van der Waals surface area contributed by atoms with Gasteiger partial charge in [0.2, 0.25) is 5.91 Å². The average molecular weight is 453 g/mol. The molecule has 0 heterocycles. The van der Waals surface area contributed by atoms with Crippen molar-refractivity contribution in [3.05, 3.63) is 59.7 Å². The highest BCUT2D eigenvalue weighted by Crippen LogP contribution is 2.45. The number of carboxylic acids is 1. The van der Waals surface area contributed by atoms with Gasteiger partial charge in [-0.3, -0.25) is 4.79 Å². The highest BCUT2D eigenvalue weighted by molar-refractivity contribution is 5.80. The molecule has 2 amide bonds. The molecule has 1 fully saturated rings. The molecule has 8 nitrogen and oxygen atoms in total. The van der Waals surface area contributed by atoms with Crippen molar-refractivity contribution in [2.24, 2.45) is 5.41 Å². The minimum atomic E-state index is -1.63. The molecule has 174 valence electrons. The molecule has 33 heavy (non-hydrogen) atoms. The zero-order chi connectivity index (χ0) is 23.4. The topological polar surface area (TPSA) is 125 Å². The molecule has 0 radical (unpaired) electrons. The summed E-state index contributed by atoms with van der Waals surface area (Å²) in [6.07, 6.45) is 0.521. The Morgan fingerprint density at radius 1 is 1.00 bits per heavy atom. The number of fused-ring (bicyclic) bond motifs is 3. The van der Waals surface area contributed by atoms with Gasteiger partial charge in [0.05, 0.1) is 6.54 Å².